The summed E-state index contributed by atoms with van der Waals surface area (Å²) in [5.41, 5.74) is 1.26. The van der Waals surface area contributed by atoms with Crippen LogP contribution < -0.4 is 10.6 Å². The van der Waals surface area contributed by atoms with Gasteiger partial charge in [-0.05, 0) is 65.2 Å². The van der Waals surface area contributed by atoms with Gasteiger partial charge in [0.2, 0.25) is 0 Å². The van der Waals surface area contributed by atoms with Gasteiger partial charge in [-0.2, -0.15) is 0 Å². The summed E-state index contributed by atoms with van der Waals surface area (Å²) in [6.45, 7) is 11.8. The number of piperidine rings is 1. The van der Waals surface area contributed by atoms with Crippen LogP contribution in [0.1, 0.15) is 59.1 Å². The third-order valence-corrected chi connectivity index (χ3v) is 4.96. The van der Waals surface area contributed by atoms with Crippen molar-refractivity contribution in [3.05, 3.63) is 34.9 Å². The molecular weight excluding hydrogens is 336 g/mol. The van der Waals surface area contributed by atoms with Crippen LogP contribution in [-0.2, 0) is 4.74 Å². The molecule has 2 atom stereocenters. The number of rotatable bonds is 7. The van der Waals surface area contributed by atoms with Crippen molar-refractivity contribution in [3.63, 3.8) is 0 Å². The van der Waals surface area contributed by atoms with E-state index in [0.717, 1.165) is 18.4 Å². The van der Waals surface area contributed by atoms with E-state index >= 15 is 0 Å². The summed E-state index contributed by atoms with van der Waals surface area (Å²) in [5.74, 6) is 0. The molecule has 3 N–H and O–H groups in total. The van der Waals surface area contributed by atoms with Crippen molar-refractivity contribution in [2.24, 2.45) is 0 Å². The summed E-state index contributed by atoms with van der Waals surface area (Å²) in [6.07, 6.45) is 1.51. The Morgan fingerprint density at radius 3 is 2.32 bits per heavy atom. The van der Waals surface area contributed by atoms with Crippen molar-refractivity contribution < 1.29 is 9.84 Å². The van der Waals surface area contributed by atoms with Crippen molar-refractivity contribution in [2.45, 2.75) is 76.8 Å². The molecule has 142 valence electrons. The van der Waals surface area contributed by atoms with Crippen molar-refractivity contribution >= 4 is 11.6 Å². The zero-order valence-electron chi connectivity index (χ0n) is 16.1. The Balaban J connectivity index is 1.75. The number of benzene rings is 1. The van der Waals surface area contributed by atoms with Crippen molar-refractivity contribution in [1.82, 2.24) is 10.6 Å². The second kappa shape index (κ2) is 8.36. The zero-order chi connectivity index (χ0) is 18.7. The van der Waals surface area contributed by atoms with Crippen molar-refractivity contribution in [1.29, 1.82) is 0 Å². The topological polar surface area (TPSA) is 53.5 Å². The maximum Gasteiger partial charge on any atom is 0.0898 e. The maximum atomic E-state index is 10.3. The molecule has 2 rings (SSSR count). The first-order chi connectivity index (χ1) is 11.6. The van der Waals surface area contributed by atoms with Gasteiger partial charge in [0.15, 0.2) is 0 Å². The van der Waals surface area contributed by atoms with Crippen LogP contribution in [0.5, 0.6) is 0 Å². The molecule has 0 aliphatic carbocycles. The zero-order valence-corrected chi connectivity index (χ0v) is 16.9. The van der Waals surface area contributed by atoms with E-state index in [-0.39, 0.29) is 17.2 Å². The molecule has 1 aromatic rings. The predicted octanol–water partition coefficient (Wildman–Crippen LogP) is 3.68. The quantitative estimate of drug-likeness (QED) is 0.687. The van der Waals surface area contributed by atoms with E-state index in [4.69, 9.17) is 16.3 Å². The van der Waals surface area contributed by atoms with E-state index in [0.29, 0.717) is 24.2 Å². The van der Waals surface area contributed by atoms with E-state index in [1.165, 1.54) is 0 Å². The summed E-state index contributed by atoms with van der Waals surface area (Å²) in [7, 11) is 0. The highest BCUT2D eigenvalue weighted by Crippen LogP contribution is 2.28. The lowest BCUT2D eigenvalue weighted by molar-refractivity contribution is -0.00443. The highest BCUT2D eigenvalue weighted by atomic mass is 35.5. The minimum atomic E-state index is -0.518. The van der Waals surface area contributed by atoms with E-state index < -0.39 is 6.10 Å². The molecule has 1 aliphatic rings. The second-order valence-electron chi connectivity index (χ2n) is 8.59. The van der Waals surface area contributed by atoms with Gasteiger partial charge in [0, 0.05) is 28.7 Å². The van der Waals surface area contributed by atoms with E-state index in [2.05, 4.69) is 38.3 Å². The Morgan fingerprint density at radius 1 is 1.20 bits per heavy atom. The Hall–Kier alpha value is -0.650. The van der Waals surface area contributed by atoms with Crippen LogP contribution in [0.4, 0.5) is 0 Å². The smallest absolute Gasteiger partial charge is 0.0898 e. The van der Waals surface area contributed by atoms with Crippen LogP contribution in [0.15, 0.2) is 24.3 Å². The Bertz CT molecular complexity index is 529. The van der Waals surface area contributed by atoms with Gasteiger partial charge in [-0.25, -0.2) is 0 Å². The first kappa shape index (κ1) is 20.7. The average Bonchev–Trinajstić information content (AvgIpc) is 2.48. The van der Waals surface area contributed by atoms with Gasteiger partial charge in [0.05, 0.1) is 18.8 Å². The molecule has 0 amide bonds. The summed E-state index contributed by atoms with van der Waals surface area (Å²) in [5, 5.41) is 18.2. The lowest BCUT2D eigenvalue weighted by Gasteiger charge is -2.47. The van der Waals surface area contributed by atoms with Crippen LogP contribution >= 0.6 is 11.6 Å². The molecule has 0 radical (unpaired) electrons. The van der Waals surface area contributed by atoms with Gasteiger partial charge in [-0.1, -0.05) is 23.7 Å². The van der Waals surface area contributed by atoms with Crippen molar-refractivity contribution in [3.8, 4) is 0 Å². The molecular formula is C20H33ClN2O2. The van der Waals surface area contributed by atoms with Gasteiger partial charge in [0.25, 0.3) is 0 Å². The van der Waals surface area contributed by atoms with Gasteiger partial charge >= 0.3 is 0 Å². The molecule has 0 unspecified atom stereocenters. The molecule has 1 heterocycles. The monoisotopic (exact) mass is 368 g/mol. The van der Waals surface area contributed by atoms with Crippen LogP contribution in [0.2, 0.25) is 5.02 Å². The molecule has 0 saturated carbocycles. The molecule has 1 fully saturated rings. The first-order valence-electron chi connectivity index (χ1n) is 9.14. The Morgan fingerprint density at radius 2 is 1.76 bits per heavy atom. The number of aliphatic hydroxyl groups excluding tert-OH is 1. The minimum absolute atomic E-state index is 0.0661. The number of halogens is 1. The number of aliphatic hydroxyl groups is 1. The minimum Gasteiger partial charge on any atom is -0.389 e. The molecule has 25 heavy (non-hydrogen) atoms. The van der Waals surface area contributed by atoms with Crippen molar-refractivity contribution in [2.75, 3.05) is 13.2 Å². The average molecular weight is 369 g/mol. The van der Waals surface area contributed by atoms with Crippen LogP contribution in [0.25, 0.3) is 0 Å². The van der Waals surface area contributed by atoms with Crippen LogP contribution in [-0.4, -0.2) is 41.5 Å². The molecule has 0 spiro atoms. The maximum absolute atomic E-state index is 10.3. The number of hydrogen-bond acceptors (Lipinski definition) is 4. The fraction of sp³-hybridized carbons (Fsp3) is 0.700. The lowest BCUT2D eigenvalue weighted by Crippen LogP contribution is -2.62. The van der Waals surface area contributed by atoms with E-state index in [1.54, 1.807) is 0 Å². The predicted molar refractivity (Wildman–Crippen MR) is 104 cm³/mol. The van der Waals surface area contributed by atoms with Crippen LogP contribution in [0.3, 0.4) is 0 Å². The lowest BCUT2D eigenvalue weighted by atomic mass is 9.79. The van der Waals surface area contributed by atoms with E-state index in [1.807, 2.05) is 31.2 Å². The Kier molecular flexibility index (Phi) is 6.91. The SMILES string of the molecule is C[C@H](OC[C@H](O)CNC1CC(C)(C)NC(C)(C)C1)c1ccc(Cl)cc1. The summed E-state index contributed by atoms with van der Waals surface area (Å²) in [4.78, 5) is 0. The molecule has 0 bridgehead atoms. The van der Waals surface area contributed by atoms with Gasteiger partial charge in [0.1, 0.15) is 0 Å². The highest BCUT2D eigenvalue weighted by Gasteiger charge is 2.37. The largest absolute Gasteiger partial charge is 0.389 e. The summed E-state index contributed by atoms with van der Waals surface area (Å²) in [6, 6.07) is 8.02. The normalized spacial score (nSPS) is 22.5. The fourth-order valence-corrected chi connectivity index (χ4v) is 4.04. The van der Waals surface area contributed by atoms with Gasteiger partial charge < -0.3 is 20.5 Å². The molecule has 4 nitrogen and oxygen atoms in total. The Labute approximate surface area is 157 Å². The third kappa shape index (κ3) is 6.87. The molecule has 0 aromatic heterocycles. The fourth-order valence-electron chi connectivity index (χ4n) is 3.91. The first-order valence-corrected chi connectivity index (χ1v) is 9.52. The van der Waals surface area contributed by atoms with Gasteiger partial charge in [-0.3, -0.25) is 0 Å². The number of hydrogen-bond donors (Lipinski definition) is 3. The molecule has 1 aliphatic heterocycles. The highest BCUT2D eigenvalue weighted by molar-refractivity contribution is 6.30. The third-order valence-electron chi connectivity index (χ3n) is 4.71. The van der Waals surface area contributed by atoms with E-state index in [9.17, 15) is 5.11 Å². The molecule has 1 aromatic carbocycles. The second-order valence-corrected chi connectivity index (χ2v) is 9.02. The van der Waals surface area contributed by atoms with Crippen LogP contribution in [0, 0.1) is 0 Å². The molecule has 1 saturated heterocycles. The van der Waals surface area contributed by atoms with Gasteiger partial charge in [-0.15, -0.1) is 0 Å². The summed E-state index contributed by atoms with van der Waals surface area (Å²) < 4.78 is 5.81. The standard InChI is InChI=1S/C20H33ClN2O2/c1-14(15-6-8-16(21)9-7-15)25-13-18(24)12-22-17-10-19(2,3)23-20(4,5)11-17/h6-9,14,17-18,22-24H,10-13H2,1-5H3/t14-,18+/m0/s1. The number of nitrogens with one attached hydrogen (secondary N) is 2. The summed E-state index contributed by atoms with van der Waals surface area (Å²) >= 11 is 5.91. The number of ether oxygens (including phenoxy) is 1. The molecule has 5 heteroatoms.